The summed E-state index contributed by atoms with van der Waals surface area (Å²) in [4.78, 5) is 0. The molecule has 1 aliphatic carbocycles. The van der Waals surface area contributed by atoms with E-state index in [1.54, 1.807) is 0 Å². The van der Waals surface area contributed by atoms with E-state index in [1.807, 2.05) is 0 Å². The first-order valence-corrected chi connectivity index (χ1v) is 5.77. The average Bonchev–Trinajstić information content (AvgIpc) is 2.47. The first-order chi connectivity index (χ1) is 7.36. The van der Waals surface area contributed by atoms with Gasteiger partial charge in [0, 0.05) is 0 Å². The third-order valence-corrected chi connectivity index (χ3v) is 3.18. The highest BCUT2D eigenvalue weighted by atomic mass is 14.2. The zero-order valence-corrected chi connectivity index (χ0v) is 9.59. The second kappa shape index (κ2) is 4.48. The summed E-state index contributed by atoms with van der Waals surface area (Å²) in [6.07, 6.45) is 8.21. The second-order valence-electron chi connectivity index (χ2n) is 4.03. The molecule has 0 saturated carbocycles. The molecule has 0 N–H and O–H groups in total. The lowest BCUT2D eigenvalue weighted by atomic mass is 9.95. The fourth-order valence-corrected chi connectivity index (χ4v) is 2.42. The molecule has 0 heterocycles. The molecule has 0 saturated heterocycles. The van der Waals surface area contributed by atoms with Crippen molar-refractivity contribution in [3.05, 3.63) is 53.1 Å². The number of hydrogen-bond acceptors (Lipinski definition) is 0. The Bertz CT molecular complexity index is 408. The SMILES string of the molecule is C/C=C1/CCCc2ccccc2/C1=C/C. The van der Waals surface area contributed by atoms with Crippen molar-refractivity contribution in [2.45, 2.75) is 33.1 Å². The van der Waals surface area contributed by atoms with E-state index in [2.05, 4.69) is 50.3 Å². The van der Waals surface area contributed by atoms with E-state index in [-0.39, 0.29) is 0 Å². The van der Waals surface area contributed by atoms with Crippen molar-refractivity contribution in [2.75, 3.05) is 0 Å². The van der Waals surface area contributed by atoms with E-state index in [4.69, 9.17) is 0 Å². The van der Waals surface area contributed by atoms with Gasteiger partial charge in [0.15, 0.2) is 0 Å². The number of benzene rings is 1. The van der Waals surface area contributed by atoms with E-state index in [0.717, 1.165) is 0 Å². The highest BCUT2D eigenvalue weighted by Gasteiger charge is 2.14. The largest absolute Gasteiger partial charge is 0.0838 e. The van der Waals surface area contributed by atoms with Crippen molar-refractivity contribution in [3.8, 4) is 0 Å². The summed E-state index contributed by atoms with van der Waals surface area (Å²) in [7, 11) is 0. The molecule has 0 bridgehead atoms. The summed E-state index contributed by atoms with van der Waals surface area (Å²) < 4.78 is 0. The molecular formula is C15H18. The van der Waals surface area contributed by atoms with Gasteiger partial charge in [-0.15, -0.1) is 0 Å². The molecule has 0 radical (unpaired) electrons. The zero-order valence-electron chi connectivity index (χ0n) is 9.59. The summed E-state index contributed by atoms with van der Waals surface area (Å²) in [6.45, 7) is 4.29. The zero-order chi connectivity index (χ0) is 10.7. The number of allylic oxidation sites excluding steroid dienone is 4. The van der Waals surface area contributed by atoms with Crippen LogP contribution in [0.2, 0.25) is 0 Å². The fraction of sp³-hybridized carbons (Fsp3) is 0.333. The van der Waals surface area contributed by atoms with Crippen LogP contribution in [0, 0.1) is 0 Å². The van der Waals surface area contributed by atoms with Gasteiger partial charge in [-0.2, -0.15) is 0 Å². The van der Waals surface area contributed by atoms with Crippen LogP contribution in [0.25, 0.3) is 5.57 Å². The molecule has 1 aliphatic rings. The van der Waals surface area contributed by atoms with Crippen molar-refractivity contribution >= 4 is 5.57 Å². The maximum absolute atomic E-state index is 2.26. The molecule has 0 unspecified atom stereocenters. The normalized spacial score (nSPS) is 21.5. The molecule has 0 nitrogen and oxygen atoms in total. The van der Waals surface area contributed by atoms with Crippen molar-refractivity contribution in [1.82, 2.24) is 0 Å². The van der Waals surface area contributed by atoms with Crippen LogP contribution in [-0.4, -0.2) is 0 Å². The van der Waals surface area contributed by atoms with E-state index in [1.165, 1.54) is 41.5 Å². The molecule has 0 heteroatoms. The Balaban J connectivity index is 2.56. The molecule has 0 fully saturated rings. The first kappa shape index (κ1) is 10.2. The maximum atomic E-state index is 2.26. The summed E-state index contributed by atoms with van der Waals surface area (Å²) >= 11 is 0. The Hall–Kier alpha value is -1.30. The lowest BCUT2D eigenvalue weighted by molar-refractivity contribution is 0.838. The van der Waals surface area contributed by atoms with Crippen LogP contribution >= 0.6 is 0 Å². The minimum atomic E-state index is 1.21. The van der Waals surface area contributed by atoms with Crippen LogP contribution in [0.3, 0.4) is 0 Å². The van der Waals surface area contributed by atoms with Crippen LogP contribution in [0.1, 0.15) is 37.8 Å². The predicted molar refractivity (Wildman–Crippen MR) is 66.8 cm³/mol. The molecule has 0 aliphatic heterocycles. The average molecular weight is 198 g/mol. The van der Waals surface area contributed by atoms with Crippen LogP contribution in [-0.2, 0) is 6.42 Å². The molecule has 0 atom stereocenters. The van der Waals surface area contributed by atoms with Crippen LogP contribution in [0.4, 0.5) is 0 Å². The second-order valence-corrected chi connectivity index (χ2v) is 4.03. The van der Waals surface area contributed by atoms with Crippen molar-refractivity contribution < 1.29 is 0 Å². The molecule has 1 aromatic rings. The van der Waals surface area contributed by atoms with Crippen LogP contribution in [0.15, 0.2) is 42.0 Å². The molecule has 1 aromatic carbocycles. The van der Waals surface area contributed by atoms with Gasteiger partial charge in [-0.3, -0.25) is 0 Å². The van der Waals surface area contributed by atoms with Gasteiger partial charge in [-0.25, -0.2) is 0 Å². The van der Waals surface area contributed by atoms with Crippen LogP contribution in [0.5, 0.6) is 0 Å². The van der Waals surface area contributed by atoms with Gasteiger partial charge in [-0.1, -0.05) is 36.4 Å². The Morgan fingerprint density at radius 3 is 2.53 bits per heavy atom. The van der Waals surface area contributed by atoms with E-state index >= 15 is 0 Å². The van der Waals surface area contributed by atoms with Gasteiger partial charge in [0.05, 0.1) is 0 Å². The molecule has 0 amide bonds. The highest BCUT2D eigenvalue weighted by Crippen LogP contribution is 2.33. The number of hydrogen-bond donors (Lipinski definition) is 0. The Kier molecular flexibility index (Phi) is 3.05. The lowest BCUT2D eigenvalue weighted by Gasteiger charge is -2.10. The minimum Gasteiger partial charge on any atom is -0.0838 e. The van der Waals surface area contributed by atoms with Gasteiger partial charge < -0.3 is 0 Å². The van der Waals surface area contributed by atoms with E-state index < -0.39 is 0 Å². The van der Waals surface area contributed by atoms with Gasteiger partial charge in [0.1, 0.15) is 0 Å². The maximum Gasteiger partial charge on any atom is -0.0153 e. The summed E-state index contributed by atoms with van der Waals surface area (Å²) in [6, 6.07) is 8.80. The van der Waals surface area contributed by atoms with Crippen molar-refractivity contribution in [2.24, 2.45) is 0 Å². The lowest BCUT2D eigenvalue weighted by Crippen LogP contribution is -1.90. The molecule has 2 rings (SSSR count). The highest BCUT2D eigenvalue weighted by molar-refractivity contribution is 5.81. The van der Waals surface area contributed by atoms with Gasteiger partial charge in [-0.05, 0) is 55.4 Å². The molecular weight excluding hydrogens is 180 g/mol. The third kappa shape index (κ3) is 1.90. The van der Waals surface area contributed by atoms with Crippen LogP contribution < -0.4 is 0 Å². The minimum absolute atomic E-state index is 1.21. The number of aryl methyl sites for hydroxylation is 1. The summed E-state index contributed by atoms with van der Waals surface area (Å²) in [5.74, 6) is 0. The van der Waals surface area contributed by atoms with Gasteiger partial charge >= 0.3 is 0 Å². The Morgan fingerprint density at radius 1 is 1.00 bits per heavy atom. The first-order valence-electron chi connectivity index (χ1n) is 5.77. The summed E-state index contributed by atoms with van der Waals surface area (Å²) in [5, 5.41) is 0. The quantitative estimate of drug-likeness (QED) is 0.543. The van der Waals surface area contributed by atoms with Crippen molar-refractivity contribution in [3.63, 3.8) is 0 Å². The third-order valence-electron chi connectivity index (χ3n) is 3.18. The molecule has 0 spiro atoms. The topological polar surface area (TPSA) is 0 Å². The Morgan fingerprint density at radius 2 is 1.80 bits per heavy atom. The monoisotopic (exact) mass is 198 g/mol. The summed E-state index contributed by atoms with van der Waals surface area (Å²) in [5.41, 5.74) is 5.88. The molecule has 78 valence electrons. The van der Waals surface area contributed by atoms with E-state index in [0.29, 0.717) is 0 Å². The van der Waals surface area contributed by atoms with Gasteiger partial charge in [0.2, 0.25) is 0 Å². The number of fused-ring (bicyclic) bond motifs is 1. The van der Waals surface area contributed by atoms with Crippen molar-refractivity contribution in [1.29, 1.82) is 0 Å². The number of rotatable bonds is 0. The standard InChI is InChI=1S/C15H18/c1-3-12-9-7-10-13-8-5-6-11-15(13)14(12)4-2/h3-6,8,11H,7,9-10H2,1-2H3/b12-3-,14-4+. The Labute approximate surface area is 92.3 Å². The predicted octanol–water partition coefficient (Wildman–Crippen LogP) is 4.37. The molecule has 0 aromatic heterocycles. The fourth-order valence-electron chi connectivity index (χ4n) is 2.42. The smallest absolute Gasteiger partial charge is 0.0153 e. The van der Waals surface area contributed by atoms with E-state index in [9.17, 15) is 0 Å². The van der Waals surface area contributed by atoms with Gasteiger partial charge in [0.25, 0.3) is 0 Å². The molecule has 15 heavy (non-hydrogen) atoms.